The number of nitrogens with one attached hydrogen (secondary N) is 3. The second kappa shape index (κ2) is 9.37. The molecule has 11 heteroatoms. The van der Waals surface area contributed by atoms with Gasteiger partial charge in [-0.3, -0.25) is 14.6 Å². The first-order valence-electron chi connectivity index (χ1n) is 11.3. The fraction of sp³-hybridized carbons (Fsp3) is 0.250. The molecule has 1 aliphatic heterocycles. The van der Waals surface area contributed by atoms with E-state index in [4.69, 9.17) is 0 Å². The molecule has 0 unspecified atom stereocenters. The second-order valence-corrected chi connectivity index (χ2v) is 8.39. The largest absolute Gasteiger partial charge is 0.372 e. The van der Waals surface area contributed by atoms with Gasteiger partial charge in [0.25, 0.3) is 5.56 Å². The maximum absolute atomic E-state index is 12.4. The van der Waals surface area contributed by atoms with Crippen molar-refractivity contribution in [2.24, 2.45) is 17.3 Å². The Morgan fingerprint density at radius 2 is 1.74 bits per heavy atom. The zero-order valence-electron chi connectivity index (χ0n) is 19.4. The highest BCUT2D eigenvalue weighted by Crippen LogP contribution is 2.31. The first-order valence-corrected chi connectivity index (χ1v) is 11.3. The van der Waals surface area contributed by atoms with Gasteiger partial charge in [0.2, 0.25) is 11.9 Å². The highest BCUT2D eigenvalue weighted by atomic mass is 16.1. The molecule has 1 fully saturated rings. The average Bonchev–Trinajstić information content (AvgIpc) is 3.50. The Kier molecular flexibility index (Phi) is 5.96. The number of fused-ring (bicyclic) bond motifs is 1. The van der Waals surface area contributed by atoms with Gasteiger partial charge in [0.15, 0.2) is 11.2 Å². The highest BCUT2D eigenvalue weighted by Gasteiger charge is 2.13. The third-order valence-corrected chi connectivity index (χ3v) is 5.74. The number of carbonyl (C=O) groups is 1. The van der Waals surface area contributed by atoms with Gasteiger partial charge in [0.1, 0.15) is 0 Å². The summed E-state index contributed by atoms with van der Waals surface area (Å²) in [4.78, 5) is 37.6. The van der Waals surface area contributed by atoms with E-state index in [1.807, 2.05) is 12.1 Å². The van der Waals surface area contributed by atoms with Crippen LogP contribution in [0.25, 0.3) is 11.2 Å². The normalized spacial score (nSPS) is 13.6. The van der Waals surface area contributed by atoms with E-state index in [1.54, 1.807) is 29.8 Å². The van der Waals surface area contributed by atoms with Gasteiger partial charge in [-0.2, -0.15) is 15.2 Å². The number of azo groups is 1. The van der Waals surface area contributed by atoms with Crippen molar-refractivity contribution < 1.29 is 4.79 Å². The van der Waals surface area contributed by atoms with Crippen LogP contribution in [0.1, 0.15) is 19.8 Å². The maximum atomic E-state index is 12.4. The number of aryl methyl sites for hydroxylation is 1. The topological polar surface area (TPSA) is 133 Å². The first-order chi connectivity index (χ1) is 17.0. The molecule has 0 saturated carbocycles. The zero-order valence-corrected chi connectivity index (χ0v) is 19.4. The van der Waals surface area contributed by atoms with Gasteiger partial charge in [-0.25, -0.2) is 4.98 Å². The van der Waals surface area contributed by atoms with Crippen molar-refractivity contribution in [3.8, 4) is 0 Å². The zero-order chi connectivity index (χ0) is 24.4. The predicted molar refractivity (Wildman–Crippen MR) is 135 cm³/mol. The van der Waals surface area contributed by atoms with Crippen LogP contribution < -0.4 is 21.1 Å². The SMILES string of the molecule is CC(=O)Nc1ccc(/N=N/c2ccc(N3CCCC3)cc2)cc1Nc1nc2c(ncn2C)c(=O)[nH]1. The second-order valence-electron chi connectivity index (χ2n) is 8.39. The Bertz CT molecular complexity index is 1460. The Labute approximate surface area is 200 Å². The van der Waals surface area contributed by atoms with Crippen molar-refractivity contribution in [3.05, 3.63) is 59.1 Å². The van der Waals surface area contributed by atoms with Crippen LogP contribution in [-0.4, -0.2) is 38.5 Å². The number of amides is 1. The van der Waals surface area contributed by atoms with Crippen molar-refractivity contribution in [2.45, 2.75) is 19.8 Å². The smallest absolute Gasteiger partial charge is 0.280 e. The van der Waals surface area contributed by atoms with E-state index in [9.17, 15) is 9.59 Å². The Hall–Kier alpha value is -4.54. The van der Waals surface area contributed by atoms with Gasteiger partial charge in [-0.1, -0.05) is 0 Å². The van der Waals surface area contributed by atoms with Crippen molar-refractivity contribution >= 4 is 51.5 Å². The number of aromatic amines is 1. The van der Waals surface area contributed by atoms with E-state index in [0.29, 0.717) is 22.7 Å². The number of anilines is 4. The molecular formula is C24H25N9O2. The first kappa shape index (κ1) is 22.3. The molecule has 3 N–H and O–H groups in total. The number of benzene rings is 2. The Morgan fingerprint density at radius 3 is 2.49 bits per heavy atom. The van der Waals surface area contributed by atoms with Gasteiger partial charge in [-0.15, -0.1) is 0 Å². The van der Waals surface area contributed by atoms with Gasteiger partial charge in [0.05, 0.1) is 29.1 Å². The summed E-state index contributed by atoms with van der Waals surface area (Å²) in [6.45, 7) is 3.60. The molecule has 0 atom stereocenters. The minimum atomic E-state index is -0.368. The number of hydrogen-bond acceptors (Lipinski definition) is 8. The summed E-state index contributed by atoms with van der Waals surface area (Å²) in [5, 5.41) is 14.5. The number of rotatable bonds is 6. The van der Waals surface area contributed by atoms with E-state index in [2.05, 4.69) is 52.8 Å². The van der Waals surface area contributed by atoms with Gasteiger partial charge in [-0.05, 0) is 55.3 Å². The minimum Gasteiger partial charge on any atom is -0.372 e. The maximum Gasteiger partial charge on any atom is 0.280 e. The molecule has 5 rings (SSSR count). The summed E-state index contributed by atoms with van der Waals surface area (Å²) in [6.07, 6.45) is 3.98. The van der Waals surface area contributed by atoms with Gasteiger partial charge < -0.3 is 20.1 Å². The fourth-order valence-corrected chi connectivity index (χ4v) is 4.02. The lowest BCUT2D eigenvalue weighted by atomic mass is 10.2. The lowest BCUT2D eigenvalue weighted by molar-refractivity contribution is -0.114. The molecule has 0 spiro atoms. The third kappa shape index (κ3) is 4.88. The molecule has 0 radical (unpaired) electrons. The van der Waals surface area contributed by atoms with Crippen molar-refractivity contribution in [3.63, 3.8) is 0 Å². The van der Waals surface area contributed by atoms with Gasteiger partial charge in [0, 0.05) is 32.7 Å². The summed E-state index contributed by atoms with van der Waals surface area (Å²) < 4.78 is 1.66. The molecule has 178 valence electrons. The molecule has 3 heterocycles. The minimum absolute atomic E-state index is 0.212. The van der Waals surface area contributed by atoms with Crippen molar-refractivity contribution in [2.75, 3.05) is 28.6 Å². The van der Waals surface area contributed by atoms with Crippen LogP contribution in [0.4, 0.5) is 34.4 Å². The molecule has 1 saturated heterocycles. The number of aromatic nitrogens is 4. The summed E-state index contributed by atoms with van der Waals surface area (Å²) in [5.41, 5.74) is 3.83. The average molecular weight is 472 g/mol. The molecule has 4 aromatic rings. The third-order valence-electron chi connectivity index (χ3n) is 5.74. The summed E-state index contributed by atoms with van der Waals surface area (Å²) in [5.74, 6) is -0.0200. The van der Waals surface area contributed by atoms with Crippen LogP contribution in [0.5, 0.6) is 0 Å². The molecular weight excluding hydrogens is 446 g/mol. The molecule has 2 aromatic carbocycles. The van der Waals surface area contributed by atoms with Crippen LogP contribution in [0.3, 0.4) is 0 Å². The number of nitrogens with zero attached hydrogens (tertiary/aromatic N) is 6. The number of carbonyl (C=O) groups excluding carboxylic acids is 1. The molecule has 1 amide bonds. The van der Waals surface area contributed by atoms with Crippen molar-refractivity contribution in [1.82, 2.24) is 19.5 Å². The van der Waals surface area contributed by atoms with Crippen LogP contribution >= 0.6 is 0 Å². The monoisotopic (exact) mass is 471 g/mol. The molecule has 2 aromatic heterocycles. The quantitative estimate of drug-likeness (QED) is 0.358. The van der Waals surface area contributed by atoms with E-state index in [0.717, 1.165) is 18.8 Å². The summed E-state index contributed by atoms with van der Waals surface area (Å²) in [6, 6.07) is 13.2. The number of hydrogen-bond donors (Lipinski definition) is 3. The van der Waals surface area contributed by atoms with Gasteiger partial charge >= 0.3 is 0 Å². The van der Waals surface area contributed by atoms with Crippen molar-refractivity contribution in [1.29, 1.82) is 0 Å². The van der Waals surface area contributed by atoms with E-state index >= 15 is 0 Å². The molecule has 11 nitrogen and oxygen atoms in total. The van der Waals surface area contributed by atoms with Crippen LogP contribution in [-0.2, 0) is 11.8 Å². The number of H-pyrrole nitrogens is 1. The highest BCUT2D eigenvalue weighted by molar-refractivity contribution is 5.93. The lowest BCUT2D eigenvalue weighted by Crippen LogP contribution is -2.17. The van der Waals surface area contributed by atoms with E-state index in [1.165, 1.54) is 31.8 Å². The predicted octanol–water partition coefficient (Wildman–Crippen LogP) is 4.37. The Morgan fingerprint density at radius 1 is 1.03 bits per heavy atom. The number of imidazole rings is 1. The molecule has 35 heavy (non-hydrogen) atoms. The molecule has 0 bridgehead atoms. The lowest BCUT2D eigenvalue weighted by Gasteiger charge is -2.17. The summed E-state index contributed by atoms with van der Waals surface area (Å²) in [7, 11) is 1.76. The van der Waals surface area contributed by atoms with Crippen LogP contribution in [0.15, 0.2) is 63.8 Å². The van der Waals surface area contributed by atoms with Crippen LogP contribution in [0, 0.1) is 0 Å². The summed E-state index contributed by atoms with van der Waals surface area (Å²) >= 11 is 0. The molecule has 1 aliphatic rings. The van der Waals surface area contributed by atoms with Crippen LogP contribution in [0.2, 0.25) is 0 Å². The standard InChI is InChI=1S/C24H25N9O2/c1-15(34)26-19-10-7-17(31-30-16-5-8-18(9-6-16)33-11-3-4-12-33)13-20(19)27-24-28-22-21(23(35)29-24)25-14-32(22)2/h5-10,13-14H,3-4,11-12H2,1-2H3,(H,26,34)(H2,27,28,29,35)/b31-30+. The molecule has 0 aliphatic carbocycles. The fourth-order valence-electron chi connectivity index (χ4n) is 4.02. The van der Waals surface area contributed by atoms with E-state index < -0.39 is 0 Å². The Balaban J connectivity index is 1.41. The van der Waals surface area contributed by atoms with E-state index in [-0.39, 0.29) is 22.9 Å².